The molecule has 8 aromatic carbocycles. The second kappa shape index (κ2) is 9.19. The highest BCUT2D eigenvalue weighted by atomic mass is 14.7. The van der Waals surface area contributed by atoms with E-state index < -0.39 is 0 Å². The molecule has 46 heavy (non-hydrogen) atoms. The smallest absolute Gasteiger partial charge is 0.0465 e. The van der Waals surface area contributed by atoms with E-state index in [1.165, 1.54) is 98.6 Å². The maximum atomic E-state index is 3.61. The van der Waals surface area contributed by atoms with E-state index in [-0.39, 0.29) is 5.41 Å². The molecule has 0 bridgehead atoms. The Morgan fingerprint density at radius 3 is 1.59 bits per heavy atom. The molecular formula is C45H31N. The molecule has 0 spiro atoms. The zero-order valence-corrected chi connectivity index (χ0v) is 25.9. The van der Waals surface area contributed by atoms with Crippen molar-refractivity contribution < 1.29 is 0 Å². The van der Waals surface area contributed by atoms with Gasteiger partial charge in [0.25, 0.3) is 0 Å². The van der Waals surface area contributed by atoms with Crippen LogP contribution in [0.3, 0.4) is 0 Å². The van der Waals surface area contributed by atoms with Gasteiger partial charge in [-0.05, 0) is 101 Å². The molecule has 9 aromatic rings. The van der Waals surface area contributed by atoms with Crippen molar-refractivity contribution in [2.45, 2.75) is 19.3 Å². The van der Waals surface area contributed by atoms with Crippen LogP contribution >= 0.6 is 0 Å². The molecule has 1 heterocycles. The Balaban J connectivity index is 1.33. The van der Waals surface area contributed by atoms with Crippen LogP contribution in [-0.4, -0.2) is 4.98 Å². The van der Waals surface area contributed by atoms with Crippen molar-refractivity contribution in [1.29, 1.82) is 0 Å². The van der Waals surface area contributed by atoms with Gasteiger partial charge in [0, 0.05) is 27.2 Å². The lowest BCUT2D eigenvalue weighted by Crippen LogP contribution is -2.15. The van der Waals surface area contributed by atoms with Crippen molar-refractivity contribution in [2.75, 3.05) is 0 Å². The lowest BCUT2D eigenvalue weighted by molar-refractivity contribution is 0.661. The van der Waals surface area contributed by atoms with E-state index in [2.05, 4.69) is 164 Å². The Labute approximate surface area is 267 Å². The third-order valence-electron chi connectivity index (χ3n) is 10.6. The number of hydrogen-bond donors (Lipinski definition) is 1. The quantitative estimate of drug-likeness (QED) is 0.194. The van der Waals surface area contributed by atoms with Gasteiger partial charge in [-0.3, -0.25) is 0 Å². The van der Waals surface area contributed by atoms with E-state index in [1.54, 1.807) is 0 Å². The summed E-state index contributed by atoms with van der Waals surface area (Å²) in [5.74, 6) is 0. The number of rotatable bonds is 2. The van der Waals surface area contributed by atoms with Gasteiger partial charge >= 0.3 is 0 Å². The molecule has 0 radical (unpaired) electrons. The second-order valence-electron chi connectivity index (χ2n) is 13.3. The predicted octanol–water partition coefficient (Wildman–Crippen LogP) is 12.4. The maximum absolute atomic E-state index is 3.61. The Hall–Kier alpha value is -5.66. The van der Waals surface area contributed by atoms with Crippen LogP contribution in [0.25, 0.3) is 87.5 Å². The molecule has 1 aromatic heterocycles. The molecule has 216 valence electrons. The minimum atomic E-state index is -0.0923. The van der Waals surface area contributed by atoms with Crippen molar-refractivity contribution in [3.63, 3.8) is 0 Å². The van der Waals surface area contributed by atoms with E-state index in [0.29, 0.717) is 0 Å². The largest absolute Gasteiger partial charge is 0.355 e. The summed E-state index contributed by atoms with van der Waals surface area (Å²) >= 11 is 0. The predicted molar refractivity (Wildman–Crippen MR) is 197 cm³/mol. The third-order valence-corrected chi connectivity index (χ3v) is 10.6. The van der Waals surface area contributed by atoms with Crippen LogP contribution in [0.1, 0.15) is 25.0 Å². The van der Waals surface area contributed by atoms with Gasteiger partial charge in [0.2, 0.25) is 0 Å². The van der Waals surface area contributed by atoms with Crippen molar-refractivity contribution >= 4 is 54.1 Å². The molecule has 1 heteroatoms. The Morgan fingerprint density at radius 1 is 0.370 bits per heavy atom. The molecule has 1 aliphatic carbocycles. The normalized spacial score (nSPS) is 13.6. The molecule has 0 aliphatic heterocycles. The van der Waals surface area contributed by atoms with E-state index >= 15 is 0 Å². The van der Waals surface area contributed by atoms with E-state index in [4.69, 9.17) is 0 Å². The highest BCUT2D eigenvalue weighted by Gasteiger charge is 2.37. The first-order valence-electron chi connectivity index (χ1n) is 16.2. The number of H-pyrrole nitrogens is 1. The van der Waals surface area contributed by atoms with Gasteiger partial charge in [-0.1, -0.05) is 135 Å². The molecule has 10 rings (SSSR count). The molecule has 0 atom stereocenters. The van der Waals surface area contributed by atoms with Gasteiger partial charge in [0.15, 0.2) is 0 Å². The van der Waals surface area contributed by atoms with Crippen molar-refractivity contribution in [1.82, 2.24) is 4.98 Å². The van der Waals surface area contributed by atoms with Crippen LogP contribution in [0.15, 0.2) is 146 Å². The van der Waals surface area contributed by atoms with Crippen molar-refractivity contribution in [2.24, 2.45) is 0 Å². The standard InChI is InChI=1S/C45H31N/c1-45(2)38-21-11-9-20-35(38)44-30-15-4-3-13-28(30)37(26-39(44)45)43-33-18-7-5-16-31(33)42(32-17-6-8-19-34(32)43)27-23-24-41-36(25-27)29-14-10-12-22-40(29)46-41/h3-26,46H,1-2H3. The zero-order valence-electron chi connectivity index (χ0n) is 25.9. The summed E-state index contributed by atoms with van der Waals surface area (Å²) in [7, 11) is 0. The summed E-state index contributed by atoms with van der Waals surface area (Å²) < 4.78 is 0. The lowest BCUT2D eigenvalue weighted by atomic mass is 9.79. The van der Waals surface area contributed by atoms with Gasteiger partial charge in [-0.15, -0.1) is 0 Å². The third kappa shape index (κ3) is 3.35. The molecule has 0 fully saturated rings. The molecule has 1 nitrogen and oxygen atoms in total. The van der Waals surface area contributed by atoms with E-state index in [0.717, 1.165) is 0 Å². The SMILES string of the molecule is CC1(C)c2ccccc2-c2c1cc(-c1c3ccccc3c(-c3ccc4[nH]c5ccccc5c4c3)c3ccccc13)c1ccccc21. The average Bonchev–Trinajstić information content (AvgIpc) is 3.58. The first-order chi connectivity index (χ1) is 22.6. The van der Waals surface area contributed by atoms with Crippen LogP contribution in [0.2, 0.25) is 0 Å². The zero-order chi connectivity index (χ0) is 30.6. The fourth-order valence-corrected chi connectivity index (χ4v) is 8.49. The minimum absolute atomic E-state index is 0.0923. The Morgan fingerprint density at radius 2 is 0.891 bits per heavy atom. The first-order valence-corrected chi connectivity index (χ1v) is 16.2. The highest BCUT2D eigenvalue weighted by Crippen LogP contribution is 2.54. The van der Waals surface area contributed by atoms with E-state index in [9.17, 15) is 0 Å². The topological polar surface area (TPSA) is 15.8 Å². The van der Waals surface area contributed by atoms with Crippen molar-refractivity contribution in [3.05, 3.63) is 157 Å². The lowest BCUT2D eigenvalue weighted by Gasteiger charge is -2.24. The number of nitrogens with one attached hydrogen (secondary N) is 1. The summed E-state index contributed by atoms with van der Waals surface area (Å²) in [4.78, 5) is 3.61. The Kier molecular flexibility index (Phi) is 5.12. The van der Waals surface area contributed by atoms with Gasteiger partial charge in [-0.25, -0.2) is 0 Å². The molecule has 0 saturated heterocycles. The molecule has 0 amide bonds. The maximum Gasteiger partial charge on any atom is 0.0465 e. The summed E-state index contributed by atoms with van der Waals surface area (Å²) in [6.45, 7) is 4.77. The summed E-state index contributed by atoms with van der Waals surface area (Å²) in [6, 6.07) is 54.1. The number of aromatic amines is 1. The fraction of sp³-hybridized carbons (Fsp3) is 0.0667. The van der Waals surface area contributed by atoms with E-state index in [1.807, 2.05) is 0 Å². The second-order valence-corrected chi connectivity index (χ2v) is 13.3. The number of benzene rings is 8. The molecule has 1 aliphatic rings. The summed E-state index contributed by atoms with van der Waals surface area (Å²) in [5, 5.41) is 10.3. The summed E-state index contributed by atoms with van der Waals surface area (Å²) in [5.41, 5.74) is 13.0. The molecule has 0 saturated carbocycles. The molecule has 1 N–H and O–H groups in total. The number of hydrogen-bond acceptors (Lipinski definition) is 0. The van der Waals surface area contributed by atoms with Gasteiger partial charge in [0.05, 0.1) is 0 Å². The highest BCUT2D eigenvalue weighted by molar-refractivity contribution is 6.25. The summed E-state index contributed by atoms with van der Waals surface area (Å²) in [6.07, 6.45) is 0. The van der Waals surface area contributed by atoms with Crippen LogP contribution in [0, 0.1) is 0 Å². The number of para-hydroxylation sites is 1. The van der Waals surface area contributed by atoms with Gasteiger partial charge in [0.1, 0.15) is 0 Å². The number of aromatic nitrogens is 1. The van der Waals surface area contributed by atoms with Crippen LogP contribution in [0.5, 0.6) is 0 Å². The molecular weight excluding hydrogens is 555 g/mol. The van der Waals surface area contributed by atoms with Crippen LogP contribution in [-0.2, 0) is 5.41 Å². The Bertz CT molecular complexity index is 2660. The van der Waals surface area contributed by atoms with Gasteiger partial charge < -0.3 is 4.98 Å². The minimum Gasteiger partial charge on any atom is -0.355 e. The van der Waals surface area contributed by atoms with Crippen LogP contribution < -0.4 is 0 Å². The van der Waals surface area contributed by atoms with Crippen LogP contribution in [0.4, 0.5) is 0 Å². The average molecular weight is 586 g/mol. The van der Waals surface area contributed by atoms with Gasteiger partial charge in [-0.2, -0.15) is 0 Å². The fourth-order valence-electron chi connectivity index (χ4n) is 8.49. The number of fused-ring (bicyclic) bond motifs is 10. The first kappa shape index (κ1) is 25.6. The van der Waals surface area contributed by atoms with Crippen molar-refractivity contribution in [3.8, 4) is 33.4 Å². The monoisotopic (exact) mass is 585 g/mol. The molecule has 0 unspecified atom stereocenters.